The molecule has 3 aromatic rings. The van der Waals surface area contributed by atoms with Crippen LogP contribution >= 0.6 is 0 Å². The monoisotopic (exact) mass is 370 g/mol. The second-order valence-corrected chi connectivity index (χ2v) is 6.77. The number of alkyl halides is 1. The maximum Gasteiger partial charge on any atom is 0.258 e. The number of rotatable bonds is 4. The van der Waals surface area contributed by atoms with Gasteiger partial charge in [0.25, 0.3) is 5.89 Å². The molecule has 4 rings (SSSR count). The van der Waals surface area contributed by atoms with E-state index in [2.05, 4.69) is 20.2 Å². The fourth-order valence-electron chi connectivity index (χ4n) is 3.25. The molecule has 0 aromatic carbocycles. The summed E-state index contributed by atoms with van der Waals surface area (Å²) in [5.74, 6) is 0.0196. The molecule has 0 bridgehead atoms. The van der Waals surface area contributed by atoms with Gasteiger partial charge in [-0.05, 0) is 32.0 Å². The molecule has 0 aliphatic carbocycles. The van der Waals surface area contributed by atoms with E-state index in [-0.39, 0.29) is 37.1 Å². The van der Waals surface area contributed by atoms with Gasteiger partial charge in [0.05, 0.1) is 12.2 Å². The predicted octanol–water partition coefficient (Wildman–Crippen LogP) is 2.04. The first-order valence-corrected chi connectivity index (χ1v) is 8.67. The van der Waals surface area contributed by atoms with Crippen molar-refractivity contribution >= 4 is 5.91 Å². The molecule has 3 aromatic heterocycles. The number of carbonyl (C=O) groups excluding carboxylic acids is 1. The lowest BCUT2D eigenvalue weighted by Crippen LogP contribution is -2.35. The van der Waals surface area contributed by atoms with Crippen molar-refractivity contribution in [2.75, 3.05) is 13.1 Å². The number of carbonyl (C=O) groups is 1. The Morgan fingerprint density at radius 1 is 1.33 bits per heavy atom. The van der Waals surface area contributed by atoms with Crippen LogP contribution in [0.15, 0.2) is 35.1 Å². The van der Waals surface area contributed by atoms with Gasteiger partial charge in [0.15, 0.2) is 5.67 Å². The third-order valence-electron chi connectivity index (χ3n) is 4.71. The van der Waals surface area contributed by atoms with Crippen LogP contribution in [0.2, 0.25) is 0 Å². The number of pyridine rings is 1. The number of likely N-dealkylation sites (tertiary alicyclic amines) is 1. The summed E-state index contributed by atoms with van der Waals surface area (Å²) in [7, 11) is 0. The van der Waals surface area contributed by atoms with Crippen molar-refractivity contribution in [3.63, 3.8) is 0 Å². The molecule has 27 heavy (non-hydrogen) atoms. The summed E-state index contributed by atoms with van der Waals surface area (Å²) in [5.41, 5.74) is 0.589. The lowest BCUT2D eigenvalue weighted by molar-refractivity contribution is -0.131. The molecule has 0 spiro atoms. The van der Waals surface area contributed by atoms with Crippen molar-refractivity contribution in [1.82, 2.24) is 29.8 Å². The van der Waals surface area contributed by atoms with Gasteiger partial charge < -0.3 is 9.42 Å². The molecule has 1 saturated heterocycles. The van der Waals surface area contributed by atoms with Crippen LogP contribution in [0.5, 0.6) is 0 Å². The van der Waals surface area contributed by atoms with Gasteiger partial charge in [-0.15, -0.1) is 0 Å². The lowest BCUT2D eigenvalue weighted by Gasteiger charge is -2.18. The van der Waals surface area contributed by atoms with Gasteiger partial charge in [-0.3, -0.25) is 14.5 Å². The molecule has 8 nitrogen and oxygen atoms in total. The topological polar surface area (TPSA) is 89.9 Å². The van der Waals surface area contributed by atoms with Gasteiger partial charge in [0.2, 0.25) is 11.7 Å². The average molecular weight is 370 g/mol. The molecule has 0 radical (unpaired) electrons. The van der Waals surface area contributed by atoms with E-state index in [1.807, 2.05) is 19.9 Å². The van der Waals surface area contributed by atoms with Crippen LogP contribution in [0.1, 0.15) is 23.6 Å². The third-order valence-corrected chi connectivity index (χ3v) is 4.71. The Labute approximate surface area is 155 Å². The summed E-state index contributed by atoms with van der Waals surface area (Å²) in [6.45, 7) is 4.04. The highest BCUT2D eigenvalue weighted by Gasteiger charge is 2.45. The molecule has 140 valence electrons. The zero-order valence-corrected chi connectivity index (χ0v) is 15.1. The second-order valence-electron chi connectivity index (χ2n) is 6.77. The van der Waals surface area contributed by atoms with E-state index in [0.717, 1.165) is 11.4 Å². The van der Waals surface area contributed by atoms with Crippen molar-refractivity contribution in [2.24, 2.45) is 0 Å². The highest BCUT2D eigenvalue weighted by Crippen LogP contribution is 2.35. The summed E-state index contributed by atoms with van der Waals surface area (Å²) < 4.78 is 22.2. The molecular weight excluding hydrogens is 351 g/mol. The van der Waals surface area contributed by atoms with E-state index in [9.17, 15) is 4.79 Å². The summed E-state index contributed by atoms with van der Waals surface area (Å²) in [6.07, 6.45) is 3.32. The first kappa shape index (κ1) is 17.3. The van der Waals surface area contributed by atoms with Crippen LogP contribution in [0, 0.1) is 13.8 Å². The van der Waals surface area contributed by atoms with E-state index >= 15 is 4.39 Å². The summed E-state index contributed by atoms with van der Waals surface area (Å²) in [6, 6.07) is 5.32. The van der Waals surface area contributed by atoms with Crippen molar-refractivity contribution in [1.29, 1.82) is 0 Å². The van der Waals surface area contributed by atoms with Gasteiger partial charge in [0.1, 0.15) is 6.54 Å². The van der Waals surface area contributed by atoms with E-state index in [1.165, 1.54) is 4.90 Å². The van der Waals surface area contributed by atoms with Crippen molar-refractivity contribution in [2.45, 2.75) is 32.5 Å². The lowest BCUT2D eigenvalue weighted by atomic mass is 10.1. The van der Waals surface area contributed by atoms with Gasteiger partial charge >= 0.3 is 0 Å². The molecular formula is C18H19FN6O2. The number of amides is 1. The SMILES string of the molecule is Cc1cc(C)n(CC(=O)N2CCC(F)(c3noc(-c4ccncc4)n3)C2)n1. The van der Waals surface area contributed by atoms with Crippen molar-refractivity contribution < 1.29 is 13.7 Å². The molecule has 1 unspecified atom stereocenters. The Morgan fingerprint density at radius 2 is 2.11 bits per heavy atom. The van der Waals surface area contributed by atoms with Gasteiger partial charge in [-0.25, -0.2) is 4.39 Å². The molecule has 0 N–H and O–H groups in total. The number of hydrogen-bond donors (Lipinski definition) is 0. The van der Waals surface area contributed by atoms with Gasteiger partial charge in [0, 0.05) is 36.6 Å². The van der Waals surface area contributed by atoms with Gasteiger partial charge in [-0.2, -0.15) is 10.1 Å². The summed E-state index contributed by atoms with van der Waals surface area (Å²) in [5, 5.41) is 8.09. The number of aryl methyl sites for hydroxylation is 2. The Bertz CT molecular complexity index is 969. The second kappa shape index (κ2) is 6.57. The van der Waals surface area contributed by atoms with Crippen molar-refractivity contribution in [3.8, 4) is 11.5 Å². The van der Waals surface area contributed by atoms with Crippen molar-refractivity contribution in [3.05, 3.63) is 47.8 Å². The van der Waals surface area contributed by atoms with Crippen LogP contribution < -0.4 is 0 Å². The quantitative estimate of drug-likeness (QED) is 0.698. The van der Waals surface area contributed by atoms with E-state index in [1.54, 1.807) is 29.2 Å². The fourth-order valence-corrected chi connectivity index (χ4v) is 3.25. The average Bonchev–Trinajstić information content (AvgIpc) is 3.36. The standard InChI is InChI=1S/C18H19FN6O2/c1-12-9-13(2)25(22-12)10-15(26)24-8-5-18(19,11-24)17-21-16(27-23-17)14-3-6-20-7-4-14/h3-4,6-7,9H,5,8,10-11H2,1-2H3. The molecule has 0 saturated carbocycles. The zero-order valence-electron chi connectivity index (χ0n) is 15.1. The minimum Gasteiger partial charge on any atom is -0.337 e. The Hall–Kier alpha value is -3.10. The molecule has 4 heterocycles. The normalized spacial score (nSPS) is 19.6. The fraction of sp³-hybridized carbons (Fsp3) is 0.389. The highest BCUT2D eigenvalue weighted by molar-refractivity contribution is 5.76. The molecule has 1 amide bonds. The van der Waals surface area contributed by atoms with E-state index in [0.29, 0.717) is 12.1 Å². The van der Waals surface area contributed by atoms with Crippen LogP contribution in [-0.2, 0) is 17.0 Å². The Balaban J connectivity index is 1.47. The maximum atomic E-state index is 15.4. The largest absolute Gasteiger partial charge is 0.337 e. The molecule has 1 atom stereocenters. The van der Waals surface area contributed by atoms with Crippen LogP contribution in [-0.4, -0.2) is 48.8 Å². The minimum absolute atomic E-state index is 0.0317. The zero-order chi connectivity index (χ0) is 19.0. The van der Waals surface area contributed by atoms with E-state index < -0.39 is 5.67 Å². The Morgan fingerprint density at radius 3 is 2.81 bits per heavy atom. The first-order valence-electron chi connectivity index (χ1n) is 8.67. The number of nitrogens with zero attached hydrogens (tertiary/aromatic N) is 6. The first-order chi connectivity index (χ1) is 12.9. The number of hydrogen-bond acceptors (Lipinski definition) is 6. The number of halogens is 1. The van der Waals surface area contributed by atoms with E-state index in [4.69, 9.17) is 4.52 Å². The summed E-state index contributed by atoms with van der Waals surface area (Å²) >= 11 is 0. The van der Waals surface area contributed by atoms with Crippen LogP contribution in [0.3, 0.4) is 0 Å². The smallest absolute Gasteiger partial charge is 0.258 e. The molecule has 1 fully saturated rings. The Kier molecular flexibility index (Phi) is 4.21. The maximum absolute atomic E-state index is 15.4. The summed E-state index contributed by atoms with van der Waals surface area (Å²) in [4.78, 5) is 22.2. The minimum atomic E-state index is -1.82. The molecule has 1 aliphatic rings. The molecule has 9 heteroatoms. The number of aromatic nitrogens is 5. The van der Waals surface area contributed by atoms with Gasteiger partial charge in [-0.1, -0.05) is 5.16 Å². The van der Waals surface area contributed by atoms with Crippen LogP contribution in [0.4, 0.5) is 4.39 Å². The third kappa shape index (κ3) is 3.32. The highest BCUT2D eigenvalue weighted by atomic mass is 19.1. The molecule has 1 aliphatic heterocycles. The van der Waals surface area contributed by atoms with Crippen LogP contribution in [0.25, 0.3) is 11.5 Å². The predicted molar refractivity (Wildman–Crippen MR) is 93.2 cm³/mol.